The molecule has 0 unspecified atom stereocenters. The van der Waals surface area contributed by atoms with Gasteiger partial charge in [-0.3, -0.25) is 14.5 Å². The minimum atomic E-state index is -3.90. The number of aromatic nitrogens is 4. The molecule has 3 heterocycles. The van der Waals surface area contributed by atoms with Crippen LogP contribution in [0.15, 0.2) is 78.1 Å². The lowest BCUT2D eigenvalue weighted by atomic mass is 10.1. The van der Waals surface area contributed by atoms with Gasteiger partial charge in [-0.1, -0.05) is 12.1 Å². The predicted octanol–water partition coefficient (Wildman–Crippen LogP) is 6.12. The summed E-state index contributed by atoms with van der Waals surface area (Å²) in [6, 6.07) is 12.6. The Hall–Kier alpha value is -4.71. The lowest BCUT2D eigenvalue weighted by molar-refractivity contribution is -0.115. The molecule has 222 valence electrons. The number of ether oxygens (including phenoxy) is 1. The first-order valence-corrected chi connectivity index (χ1v) is 15.0. The lowest BCUT2D eigenvalue weighted by Gasteiger charge is -2.18. The molecule has 0 spiro atoms. The predicted molar refractivity (Wildman–Crippen MR) is 158 cm³/mol. The largest absolute Gasteiger partial charge is 0.453 e. The van der Waals surface area contributed by atoms with E-state index in [9.17, 15) is 17.6 Å². The van der Waals surface area contributed by atoms with Gasteiger partial charge in [0.25, 0.3) is 0 Å². The molecule has 5 rings (SSSR count). The Balaban J connectivity index is 1.36. The monoisotopic (exact) mass is 605 g/mol. The smallest absolute Gasteiger partial charge is 0.228 e. The van der Waals surface area contributed by atoms with Crippen molar-refractivity contribution in [3.05, 3.63) is 102 Å². The van der Waals surface area contributed by atoms with Gasteiger partial charge >= 0.3 is 0 Å². The Morgan fingerprint density at radius 3 is 2.56 bits per heavy atom. The fraction of sp³-hybridized carbons (Fsp3) is 0.226. The second-order valence-electron chi connectivity index (χ2n) is 11.1. The van der Waals surface area contributed by atoms with Crippen molar-refractivity contribution < 1.29 is 26.7 Å². The number of rotatable bonds is 8. The van der Waals surface area contributed by atoms with Crippen LogP contribution in [0.4, 0.5) is 14.5 Å². The fourth-order valence-electron chi connectivity index (χ4n) is 4.48. The topological polar surface area (TPSA) is 116 Å². The zero-order chi connectivity index (χ0) is 30.9. The van der Waals surface area contributed by atoms with Crippen molar-refractivity contribution in [2.75, 3.05) is 5.32 Å². The van der Waals surface area contributed by atoms with Gasteiger partial charge < -0.3 is 10.1 Å². The van der Waals surface area contributed by atoms with E-state index in [4.69, 9.17) is 4.74 Å². The maximum absolute atomic E-state index is 15.3. The van der Waals surface area contributed by atoms with Crippen molar-refractivity contribution in [2.45, 2.75) is 50.3 Å². The van der Waals surface area contributed by atoms with E-state index in [-0.39, 0.29) is 40.0 Å². The molecule has 3 aromatic heterocycles. The molecule has 0 atom stereocenters. The van der Waals surface area contributed by atoms with E-state index < -0.39 is 27.4 Å². The zero-order valence-corrected chi connectivity index (χ0v) is 24.7. The van der Waals surface area contributed by atoms with E-state index in [2.05, 4.69) is 20.4 Å². The summed E-state index contributed by atoms with van der Waals surface area (Å²) in [5.74, 6) is -2.18. The maximum Gasteiger partial charge on any atom is 0.228 e. The van der Waals surface area contributed by atoms with Crippen molar-refractivity contribution in [1.29, 1.82) is 0 Å². The number of carbonyl (C=O) groups is 1. The molecular formula is C31H29F2N5O4S. The van der Waals surface area contributed by atoms with E-state index in [0.717, 1.165) is 6.07 Å². The van der Waals surface area contributed by atoms with Crippen LogP contribution in [0.25, 0.3) is 10.9 Å². The number of nitrogens with one attached hydrogen (secondary N) is 1. The van der Waals surface area contributed by atoms with Gasteiger partial charge in [0, 0.05) is 17.8 Å². The van der Waals surface area contributed by atoms with Crippen molar-refractivity contribution in [2.24, 2.45) is 0 Å². The second-order valence-corrected chi connectivity index (χ2v) is 13.1. The number of halogens is 2. The highest BCUT2D eigenvalue weighted by Crippen LogP contribution is 2.34. The third-order valence-electron chi connectivity index (χ3n) is 6.56. The molecule has 12 heteroatoms. The molecule has 0 aliphatic rings. The van der Waals surface area contributed by atoms with Crippen LogP contribution in [0.1, 0.15) is 37.6 Å². The number of carbonyl (C=O) groups excluding carboxylic acids is 1. The highest BCUT2D eigenvalue weighted by atomic mass is 32.2. The number of sulfone groups is 1. The zero-order valence-electron chi connectivity index (χ0n) is 23.9. The second kappa shape index (κ2) is 11.5. The molecular weight excluding hydrogens is 576 g/mol. The number of hydrogen-bond donors (Lipinski definition) is 1. The highest BCUT2D eigenvalue weighted by Gasteiger charge is 2.20. The van der Waals surface area contributed by atoms with Crippen LogP contribution >= 0.6 is 0 Å². The van der Waals surface area contributed by atoms with Gasteiger partial charge in [-0.25, -0.2) is 17.8 Å². The first-order chi connectivity index (χ1) is 20.3. The molecule has 0 saturated heterocycles. The molecule has 1 N–H and O–H groups in total. The molecule has 0 radical (unpaired) electrons. The third-order valence-corrected chi connectivity index (χ3v) is 8.21. The van der Waals surface area contributed by atoms with E-state index >= 15 is 4.39 Å². The van der Waals surface area contributed by atoms with Crippen molar-refractivity contribution in [1.82, 2.24) is 19.7 Å². The van der Waals surface area contributed by atoms with Crippen LogP contribution in [0.2, 0.25) is 0 Å². The molecule has 1 amide bonds. The van der Waals surface area contributed by atoms with E-state index in [1.54, 1.807) is 30.1 Å². The van der Waals surface area contributed by atoms with Crippen LogP contribution < -0.4 is 10.1 Å². The number of anilines is 1. The van der Waals surface area contributed by atoms with Crippen LogP contribution in [-0.2, 0) is 32.3 Å². The Kier molecular flexibility index (Phi) is 7.98. The van der Waals surface area contributed by atoms with Gasteiger partial charge in [-0.15, -0.1) is 0 Å². The fourth-order valence-corrected chi connectivity index (χ4v) is 5.77. The molecule has 0 saturated carbocycles. The highest BCUT2D eigenvalue weighted by molar-refractivity contribution is 7.90. The normalized spacial score (nSPS) is 12.0. The van der Waals surface area contributed by atoms with Crippen LogP contribution in [-0.4, -0.2) is 34.1 Å². The summed E-state index contributed by atoms with van der Waals surface area (Å²) >= 11 is 0. The van der Waals surface area contributed by atoms with Crippen LogP contribution in [0, 0.1) is 18.7 Å². The van der Waals surface area contributed by atoms with E-state index in [1.807, 2.05) is 20.8 Å². The number of fused-ring (bicyclic) bond motifs is 1. The molecule has 0 bridgehead atoms. The Morgan fingerprint density at radius 1 is 1.07 bits per heavy atom. The summed E-state index contributed by atoms with van der Waals surface area (Å²) < 4.78 is 62.7. The average Bonchev–Trinajstić information content (AvgIpc) is 3.39. The number of benzene rings is 2. The minimum Gasteiger partial charge on any atom is -0.453 e. The summed E-state index contributed by atoms with van der Waals surface area (Å²) in [5.41, 5.74) is 1.68. The Labute approximate surface area is 247 Å². The van der Waals surface area contributed by atoms with Gasteiger partial charge in [0.2, 0.25) is 11.9 Å². The van der Waals surface area contributed by atoms with Crippen LogP contribution in [0.5, 0.6) is 11.5 Å². The minimum absolute atomic E-state index is 0.0458. The molecule has 0 aliphatic heterocycles. The van der Waals surface area contributed by atoms with Crippen molar-refractivity contribution in [3.63, 3.8) is 0 Å². The Morgan fingerprint density at radius 2 is 1.86 bits per heavy atom. The maximum atomic E-state index is 15.3. The van der Waals surface area contributed by atoms with E-state index in [1.165, 1.54) is 48.7 Å². The summed E-state index contributed by atoms with van der Waals surface area (Å²) in [6.07, 6.45) is 4.68. The lowest BCUT2D eigenvalue weighted by Crippen LogP contribution is -2.22. The van der Waals surface area contributed by atoms with Crippen molar-refractivity contribution >= 4 is 32.3 Å². The van der Waals surface area contributed by atoms with Gasteiger partial charge in [0.05, 0.1) is 45.7 Å². The van der Waals surface area contributed by atoms with Gasteiger partial charge in [0.15, 0.2) is 21.4 Å². The van der Waals surface area contributed by atoms with Gasteiger partial charge in [0.1, 0.15) is 5.75 Å². The quantitative estimate of drug-likeness (QED) is 0.212. The van der Waals surface area contributed by atoms with E-state index in [0.29, 0.717) is 27.7 Å². The van der Waals surface area contributed by atoms with Gasteiger partial charge in [-0.2, -0.15) is 9.49 Å². The number of aryl methyl sites for hydroxylation is 1. The standard InChI is InChI=1S/C31H29F2N5O4S/c1-19-12-20(14-29(39)37-22-16-35-38(17-22)31(2,3)4)13-25(32)30(19)42-27-10-11-34-26-9-8-23(15-24(26)27)43(40,41)18-21-6-5-7-28(33)36-21/h5-13,15-17H,14,18H2,1-4H3,(H,37,39). The SMILES string of the molecule is Cc1cc(CC(=O)Nc2cnn(C(C)(C)C)c2)cc(F)c1Oc1ccnc2ccc(S(=O)(=O)Cc3cccc(F)n3)cc12. The first-order valence-electron chi connectivity index (χ1n) is 13.3. The first kappa shape index (κ1) is 29.8. The molecule has 5 aromatic rings. The summed E-state index contributed by atoms with van der Waals surface area (Å²) in [6.45, 7) is 7.62. The van der Waals surface area contributed by atoms with Crippen molar-refractivity contribution in [3.8, 4) is 11.5 Å². The molecule has 9 nitrogen and oxygen atoms in total. The number of hydrogen-bond acceptors (Lipinski definition) is 7. The molecule has 0 fully saturated rings. The number of nitrogens with zero attached hydrogens (tertiary/aromatic N) is 4. The average molecular weight is 606 g/mol. The summed E-state index contributed by atoms with van der Waals surface area (Å²) in [4.78, 5) is 20.5. The third kappa shape index (κ3) is 6.86. The molecule has 43 heavy (non-hydrogen) atoms. The van der Waals surface area contributed by atoms with Gasteiger partial charge in [-0.05, 0) is 81.3 Å². The molecule has 0 aliphatic carbocycles. The summed E-state index contributed by atoms with van der Waals surface area (Å²) in [7, 11) is -3.90. The molecule has 2 aromatic carbocycles. The summed E-state index contributed by atoms with van der Waals surface area (Å²) in [5, 5.41) is 7.38. The van der Waals surface area contributed by atoms with Crippen LogP contribution in [0.3, 0.4) is 0 Å². The number of pyridine rings is 2. The number of amides is 1. The Bertz CT molecular complexity index is 1930.